The lowest BCUT2D eigenvalue weighted by Crippen LogP contribution is -2.55. The van der Waals surface area contributed by atoms with Crippen LogP contribution < -0.4 is 9.62 Å². The summed E-state index contributed by atoms with van der Waals surface area (Å²) in [6.07, 6.45) is 0.937. The van der Waals surface area contributed by atoms with Gasteiger partial charge in [-0.1, -0.05) is 61.5 Å². The second kappa shape index (κ2) is 14.2. The summed E-state index contributed by atoms with van der Waals surface area (Å²) >= 11 is 0. The highest BCUT2D eigenvalue weighted by Gasteiger charge is 2.35. The van der Waals surface area contributed by atoms with E-state index in [1.807, 2.05) is 75.4 Å². The van der Waals surface area contributed by atoms with Gasteiger partial charge in [-0.05, 0) is 61.2 Å². The molecule has 0 fully saturated rings. The van der Waals surface area contributed by atoms with E-state index in [2.05, 4.69) is 5.32 Å². The van der Waals surface area contributed by atoms with E-state index in [0.29, 0.717) is 6.42 Å². The van der Waals surface area contributed by atoms with Crippen molar-refractivity contribution in [3.8, 4) is 0 Å². The van der Waals surface area contributed by atoms with Crippen LogP contribution in [0.2, 0.25) is 0 Å². The zero-order valence-corrected chi connectivity index (χ0v) is 25.1. The molecule has 2 atom stereocenters. The molecule has 3 rings (SSSR count). The molecule has 2 amide bonds. The van der Waals surface area contributed by atoms with E-state index in [-0.39, 0.29) is 30.6 Å². The summed E-state index contributed by atoms with van der Waals surface area (Å²) in [5.74, 6) is -1.43. The molecule has 0 aliphatic heterocycles. The Morgan fingerprint density at radius 3 is 2.12 bits per heavy atom. The second-order valence-corrected chi connectivity index (χ2v) is 12.3. The van der Waals surface area contributed by atoms with Gasteiger partial charge in [-0.25, -0.2) is 8.70 Å². The first-order valence-electron chi connectivity index (χ1n) is 13.6. The fraction of sp³-hybridized carbons (Fsp3) is 0.355. The molecule has 0 aliphatic rings. The Morgan fingerprint density at radius 2 is 1.54 bits per heavy atom. The summed E-state index contributed by atoms with van der Waals surface area (Å²) in [5.41, 5.74) is 2.75. The number of carbonyl (C=O) groups excluding carboxylic acids is 2. The molecular weight excluding hydrogens is 543 g/mol. The predicted molar refractivity (Wildman–Crippen MR) is 160 cm³/mol. The van der Waals surface area contributed by atoms with Crippen LogP contribution in [0.25, 0.3) is 0 Å². The van der Waals surface area contributed by atoms with Crippen molar-refractivity contribution in [1.82, 2.24) is 14.5 Å². The summed E-state index contributed by atoms with van der Waals surface area (Å²) < 4.78 is 42.4. The van der Waals surface area contributed by atoms with Gasteiger partial charge in [0, 0.05) is 33.1 Å². The Balaban J connectivity index is 2.10. The Morgan fingerprint density at radius 1 is 0.927 bits per heavy atom. The molecule has 0 saturated heterocycles. The van der Waals surface area contributed by atoms with E-state index in [9.17, 15) is 22.4 Å². The third-order valence-electron chi connectivity index (χ3n) is 7.01. The highest BCUT2D eigenvalue weighted by atomic mass is 32.2. The lowest BCUT2D eigenvalue weighted by atomic mass is 10.0. The van der Waals surface area contributed by atoms with Crippen LogP contribution >= 0.6 is 0 Å². The average molecular weight is 583 g/mol. The molecule has 0 heterocycles. The van der Waals surface area contributed by atoms with E-state index in [4.69, 9.17) is 0 Å². The first-order chi connectivity index (χ1) is 19.4. The molecule has 0 bridgehead atoms. The number of anilines is 1. The predicted octanol–water partition coefficient (Wildman–Crippen LogP) is 4.30. The highest BCUT2D eigenvalue weighted by Crippen LogP contribution is 2.23. The van der Waals surface area contributed by atoms with Gasteiger partial charge in [-0.2, -0.15) is 12.7 Å². The lowest BCUT2D eigenvalue weighted by molar-refractivity contribution is -0.140. The van der Waals surface area contributed by atoms with Crippen molar-refractivity contribution in [2.24, 2.45) is 0 Å². The SMILES string of the molecule is CC[C@@H](C)NC(=O)[C@H](Cc1ccccc1)N(Cc1ccccc1C)C(=O)CN(c1ccc(F)cc1)S(=O)(=O)N(C)C. The summed E-state index contributed by atoms with van der Waals surface area (Å²) in [4.78, 5) is 29.4. The quantitative estimate of drug-likeness (QED) is 0.326. The molecule has 3 aromatic carbocycles. The summed E-state index contributed by atoms with van der Waals surface area (Å²) in [6.45, 7) is 5.28. The highest BCUT2D eigenvalue weighted by molar-refractivity contribution is 7.90. The number of amides is 2. The van der Waals surface area contributed by atoms with Gasteiger partial charge in [0.05, 0.1) is 5.69 Å². The topological polar surface area (TPSA) is 90.0 Å². The number of aryl methyl sites for hydroxylation is 1. The number of halogens is 1. The Hall–Kier alpha value is -3.76. The monoisotopic (exact) mass is 582 g/mol. The molecular formula is C31H39FN4O4S. The number of rotatable bonds is 13. The Labute approximate surface area is 243 Å². The van der Waals surface area contributed by atoms with Crippen LogP contribution in [0.4, 0.5) is 10.1 Å². The summed E-state index contributed by atoms with van der Waals surface area (Å²) in [7, 11) is -1.43. The molecule has 220 valence electrons. The van der Waals surface area contributed by atoms with E-state index in [1.54, 1.807) is 0 Å². The van der Waals surface area contributed by atoms with E-state index in [0.717, 1.165) is 37.4 Å². The van der Waals surface area contributed by atoms with Crippen molar-refractivity contribution < 1.29 is 22.4 Å². The molecule has 41 heavy (non-hydrogen) atoms. The van der Waals surface area contributed by atoms with E-state index < -0.39 is 34.5 Å². The van der Waals surface area contributed by atoms with E-state index in [1.165, 1.54) is 31.1 Å². The van der Waals surface area contributed by atoms with Gasteiger partial charge in [0.2, 0.25) is 11.8 Å². The number of benzene rings is 3. The maximum Gasteiger partial charge on any atom is 0.304 e. The first kappa shape index (κ1) is 31.8. The number of nitrogens with zero attached hydrogens (tertiary/aromatic N) is 3. The number of hydrogen-bond acceptors (Lipinski definition) is 4. The fourth-order valence-electron chi connectivity index (χ4n) is 4.29. The van der Waals surface area contributed by atoms with Crippen LogP contribution in [-0.2, 0) is 32.8 Å². The second-order valence-electron chi connectivity index (χ2n) is 10.2. The largest absolute Gasteiger partial charge is 0.352 e. The Bertz CT molecular complexity index is 1420. The molecule has 8 nitrogen and oxygen atoms in total. The minimum absolute atomic E-state index is 0.0935. The van der Waals surface area contributed by atoms with Gasteiger partial charge >= 0.3 is 10.2 Å². The lowest BCUT2D eigenvalue weighted by Gasteiger charge is -2.35. The van der Waals surface area contributed by atoms with Crippen LogP contribution in [0, 0.1) is 12.7 Å². The number of carbonyl (C=O) groups is 2. The number of nitrogens with one attached hydrogen (secondary N) is 1. The molecule has 1 N–H and O–H groups in total. The first-order valence-corrected chi connectivity index (χ1v) is 15.0. The third kappa shape index (κ3) is 8.37. The zero-order chi connectivity index (χ0) is 30.2. The molecule has 0 aromatic heterocycles. The normalized spacial score (nSPS) is 13.0. The summed E-state index contributed by atoms with van der Waals surface area (Å²) in [5, 5.41) is 3.01. The summed E-state index contributed by atoms with van der Waals surface area (Å²) in [6, 6.07) is 20.8. The van der Waals surface area contributed by atoms with Crippen molar-refractivity contribution in [1.29, 1.82) is 0 Å². The van der Waals surface area contributed by atoms with Crippen molar-refractivity contribution in [2.75, 3.05) is 24.9 Å². The van der Waals surface area contributed by atoms with Gasteiger partial charge in [0.1, 0.15) is 18.4 Å². The van der Waals surface area contributed by atoms with Gasteiger partial charge in [0.15, 0.2) is 0 Å². The molecule has 0 radical (unpaired) electrons. The van der Waals surface area contributed by atoms with E-state index >= 15 is 0 Å². The molecule has 10 heteroatoms. The van der Waals surface area contributed by atoms with Crippen LogP contribution in [0.15, 0.2) is 78.9 Å². The smallest absolute Gasteiger partial charge is 0.304 e. The molecule has 0 spiro atoms. The molecule has 0 aliphatic carbocycles. The average Bonchev–Trinajstić information content (AvgIpc) is 2.95. The number of hydrogen-bond donors (Lipinski definition) is 1. The van der Waals surface area contributed by atoms with Crippen LogP contribution in [0.5, 0.6) is 0 Å². The van der Waals surface area contributed by atoms with Crippen molar-refractivity contribution in [2.45, 2.75) is 52.2 Å². The van der Waals surface area contributed by atoms with Crippen molar-refractivity contribution in [3.05, 3.63) is 101 Å². The van der Waals surface area contributed by atoms with Crippen LogP contribution in [-0.4, -0.2) is 62.2 Å². The van der Waals surface area contributed by atoms with Gasteiger partial charge in [-0.3, -0.25) is 9.59 Å². The fourth-order valence-corrected chi connectivity index (χ4v) is 5.35. The third-order valence-corrected chi connectivity index (χ3v) is 8.83. The Kier molecular flexibility index (Phi) is 11.0. The molecule has 0 saturated carbocycles. The minimum Gasteiger partial charge on any atom is -0.352 e. The molecule has 0 unspecified atom stereocenters. The van der Waals surface area contributed by atoms with Gasteiger partial charge in [-0.15, -0.1) is 0 Å². The maximum absolute atomic E-state index is 14.2. The van der Waals surface area contributed by atoms with Crippen molar-refractivity contribution >= 4 is 27.7 Å². The van der Waals surface area contributed by atoms with Crippen LogP contribution in [0.1, 0.15) is 37.0 Å². The standard InChI is InChI=1S/C31H39FN4O4S/c1-6-24(3)33-31(38)29(20-25-13-8-7-9-14-25)35(21-26-15-11-10-12-23(26)2)30(37)22-36(41(39,40)34(4)5)28-18-16-27(32)17-19-28/h7-19,24,29H,6,20-22H2,1-5H3,(H,33,38)/t24-,29+/m1/s1. The van der Waals surface area contributed by atoms with Crippen molar-refractivity contribution in [3.63, 3.8) is 0 Å². The minimum atomic E-state index is -4.15. The van der Waals surface area contributed by atoms with Gasteiger partial charge < -0.3 is 10.2 Å². The maximum atomic E-state index is 14.2. The molecule has 3 aromatic rings. The van der Waals surface area contributed by atoms with Gasteiger partial charge in [0.25, 0.3) is 0 Å². The zero-order valence-electron chi connectivity index (χ0n) is 24.2. The van der Waals surface area contributed by atoms with Crippen LogP contribution in [0.3, 0.4) is 0 Å².